The molecule has 0 radical (unpaired) electrons. The number of rotatable bonds is 2. The van der Waals surface area contributed by atoms with Gasteiger partial charge in [0.25, 0.3) is 5.91 Å². The molecule has 7 nitrogen and oxygen atoms in total. The molecule has 3 heterocycles. The van der Waals surface area contributed by atoms with E-state index in [1.807, 2.05) is 37.4 Å². The molecular weight excluding hydrogens is 344 g/mol. The number of morpholine rings is 1. The van der Waals surface area contributed by atoms with Gasteiger partial charge in [0, 0.05) is 31.9 Å². The van der Waals surface area contributed by atoms with Gasteiger partial charge < -0.3 is 20.3 Å². The van der Waals surface area contributed by atoms with Crippen molar-refractivity contribution in [3.8, 4) is 0 Å². The molecule has 4 rings (SSSR count). The summed E-state index contributed by atoms with van der Waals surface area (Å²) in [6.07, 6.45) is 1.85. The van der Waals surface area contributed by atoms with Crippen molar-refractivity contribution >= 4 is 17.6 Å². The van der Waals surface area contributed by atoms with E-state index in [1.54, 1.807) is 21.9 Å². The summed E-state index contributed by atoms with van der Waals surface area (Å²) in [7, 11) is 1.83. The fourth-order valence-corrected chi connectivity index (χ4v) is 4.17. The number of hydrogen-bond donors (Lipinski definition) is 1. The summed E-state index contributed by atoms with van der Waals surface area (Å²) in [6.45, 7) is 0.959. The fourth-order valence-electron chi connectivity index (χ4n) is 4.17. The van der Waals surface area contributed by atoms with Crippen LogP contribution in [0.2, 0.25) is 0 Å². The van der Waals surface area contributed by atoms with Crippen LogP contribution in [0.3, 0.4) is 0 Å². The topological polar surface area (TPSA) is 88.8 Å². The summed E-state index contributed by atoms with van der Waals surface area (Å²) in [5, 5.41) is 0. The smallest absolute Gasteiger partial charge is 0.254 e. The summed E-state index contributed by atoms with van der Waals surface area (Å²) in [5.74, 6) is 0.168. The molecule has 0 unspecified atom stereocenters. The van der Waals surface area contributed by atoms with Crippen molar-refractivity contribution in [1.29, 1.82) is 0 Å². The van der Waals surface area contributed by atoms with Crippen molar-refractivity contribution in [3.05, 3.63) is 59.8 Å². The molecule has 0 saturated carbocycles. The Balaban J connectivity index is 1.65. The Morgan fingerprint density at radius 2 is 2.07 bits per heavy atom. The Hall–Kier alpha value is -2.93. The third kappa shape index (κ3) is 2.84. The van der Waals surface area contributed by atoms with Crippen molar-refractivity contribution < 1.29 is 14.3 Å². The number of benzene rings is 1. The molecule has 7 heteroatoms. The van der Waals surface area contributed by atoms with Crippen LogP contribution in [0.1, 0.15) is 22.3 Å². The number of pyridine rings is 1. The summed E-state index contributed by atoms with van der Waals surface area (Å²) in [5.41, 5.74) is 6.69. The predicted octanol–water partition coefficient (Wildman–Crippen LogP) is 1.26. The Morgan fingerprint density at radius 3 is 2.81 bits per heavy atom. The zero-order valence-electron chi connectivity index (χ0n) is 15.2. The Bertz CT molecular complexity index is 873. The third-order valence-corrected chi connectivity index (χ3v) is 5.65. The maximum Gasteiger partial charge on any atom is 0.254 e. The second-order valence-corrected chi connectivity index (χ2v) is 7.01. The highest BCUT2D eigenvalue weighted by Crippen LogP contribution is 2.42. The molecule has 2 atom stereocenters. The van der Waals surface area contributed by atoms with Crippen LogP contribution >= 0.6 is 0 Å². The molecule has 27 heavy (non-hydrogen) atoms. The number of amides is 2. The SMILES string of the molecule is CN1C(=O)CO[C@@H]2CN(C(=O)c3ccnc(N)c3)CC[C@]21c1ccccc1. The molecule has 2 aliphatic rings. The van der Waals surface area contributed by atoms with Crippen LogP contribution < -0.4 is 5.73 Å². The number of likely N-dealkylation sites (tertiary alicyclic amines) is 1. The monoisotopic (exact) mass is 366 g/mol. The molecule has 2 aliphatic heterocycles. The van der Waals surface area contributed by atoms with Gasteiger partial charge in [0.05, 0.1) is 5.54 Å². The molecule has 140 valence electrons. The van der Waals surface area contributed by atoms with E-state index in [4.69, 9.17) is 10.5 Å². The van der Waals surface area contributed by atoms with Gasteiger partial charge >= 0.3 is 0 Å². The molecule has 2 saturated heterocycles. The zero-order chi connectivity index (χ0) is 19.0. The van der Waals surface area contributed by atoms with E-state index in [0.717, 1.165) is 5.56 Å². The molecule has 1 aromatic heterocycles. The van der Waals surface area contributed by atoms with E-state index < -0.39 is 5.54 Å². The average Bonchev–Trinajstić information content (AvgIpc) is 2.70. The van der Waals surface area contributed by atoms with E-state index >= 15 is 0 Å². The van der Waals surface area contributed by atoms with Crippen molar-refractivity contribution in [1.82, 2.24) is 14.8 Å². The lowest BCUT2D eigenvalue weighted by Crippen LogP contribution is -2.67. The number of nitrogen functional groups attached to an aromatic ring is 1. The Labute approximate surface area is 157 Å². The summed E-state index contributed by atoms with van der Waals surface area (Å²) in [4.78, 5) is 32.8. The number of nitrogens with zero attached hydrogens (tertiary/aromatic N) is 3. The van der Waals surface area contributed by atoms with Gasteiger partial charge in [0.15, 0.2) is 0 Å². The van der Waals surface area contributed by atoms with Crippen LogP contribution in [0.5, 0.6) is 0 Å². The molecule has 0 spiro atoms. The van der Waals surface area contributed by atoms with Gasteiger partial charge in [-0.05, 0) is 24.1 Å². The molecule has 0 aliphatic carbocycles. The zero-order valence-corrected chi connectivity index (χ0v) is 15.2. The number of nitrogens with two attached hydrogens (primary N) is 1. The van der Waals surface area contributed by atoms with Crippen molar-refractivity contribution in [2.75, 3.05) is 32.5 Å². The molecular formula is C20H22N4O3. The number of likely N-dealkylation sites (N-methyl/N-ethyl adjacent to an activating group) is 1. The molecule has 1 aromatic carbocycles. The van der Waals surface area contributed by atoms with Crippen LogP contribution in [-0.4, -0.2) is 59.4 Å². The first-order valence-electron chi connectivity index (χ1n) is 8.97. The van der Waals surface area contributed by atoms with Gasteiger partial charge in [-0.2, -0.15) is 0 Å². The first-order valence-corrected chi connectivity index (χ1v) is 8.97. The number of anilines is 1. The lowest BCUT2D eigenvalue weighted by Gasteiger charge is -2.54. The number of fused-ring (bicyclic) bond motifs is 1. The van der Waals surface area contributed by atoms with Crippen LogP contribution in [0.4, 0.5) is 5.82 Å². The van der Waals surface area contributed by atoms with E-state index in [0.29, 0.717) is 30.9 Å². The van der Waals surface area contributed by atoms with Gasteiger partial charge in [-0.1, -0.05) is 30.3 Å². The van der Waals surface area contributed by atoms with E-state index in [-0.39, 0.29) is 24.5 Å². The standard InChI is InChI=1S/C20H22N4O3/c1-23-18(25)13-27-16-12-24(19(26)14-7-9-22-17(21)11-14)10-8-20(16,23)15-5-3-2-4-6-15/h2-7,9,11,16H,8,10,12-13H2,1H3,(H2,21,22)/t16-,20+/m1/s1. The third-order valence-electron chi connectivity index (χ3n) is 5.65. The number of carbonyl (C=O) groups excluding carboxylic acids is 2. The quantitative estimate of drug-likeness (QED) is 0.864. The first kappa shape index (κ1) is 17.5. The minimum Gasteiger partial charge on any atom is -0.384 e. The van der Waals surface area contributed by atoms with Gasteiger partial charge in [-0.25, -0.2) is 4.98 Å². The maximum atomic E-state index is 12.9. The average molecular weight is 366 g/mol. The fraction of sp³-hybridized carbons (Fsp3) is 0.350. The van der Waals surface area contributed by atoms with Gasteiger partial charge in [0.1, 0.15) is 18.5 Å². The van der Waals surface area contributed by atoms with Crippen LogP contribution in [0.25, 0.3) is 0 Å². The molecule has 2 amide bonds. The number of piperidine rings is 1. The molecule has 0 bridgehead atoms. The second-order valence-electron chi connectivity index (χ2n) is 7.01. The van der Waals surface area contributed by atoms with Crippen molar-refractivity contribution in [2.45, 2.75) is 18.1 Å². The molecule has 2 N–H and O–H groups in total. The van der Waals surface area contributed by atoms with Gasteiger partial charge in [0.2, 0.25) is 5.91 Å². The van der Waals surface area contributed by atoms with Crippen molar-refractivity contribution in [3.63, 3.8) is 0 Å². The van der Waals surface area contributed by atoms with E-state index in [9.17, 15) is 9.59 Å². The number of ether oxygens (including phenoxy) is 1. The maximum absolute atomic E-state index is 12.9. The lowest BCUT2D eigenvalue weighted by atomic mass is 9.76. The molecule has 2 fully saturated rings. The minimum atomic E-state index is -0.565. The summed E-state index contributed by atoms with van der Waals surface area (Å²) >= 11 is 0. The normalized spacial score (nSPS) is 25.2. The number of carbonyl (C=O) groups is 2. The van der Waals surface area contributed by atoms with Gasteiger partial charge in [-0.3, -0.25) is 9.59 Å². The van der Waals surface area contributed by atoms with E-state index in [2.05, 4.69) is 4.98 Å². The number of hydrogen-bond acceptors (Lipinski definition) is 5. The second kappa shape index (κ2) is 6.66. The Morgan fingerprint density at radius 1 is 1.30 bits per heavy atom. The predicted molar refractivity (Wildman–Crippen MR) is 99.8 cm³/mol. The minimum absolute atomic E-state index is 0.0278. The van der Waals surface area contributed by atoms with Crippen LogP contribution in [0.15, 0.2) is 48.7 Å². The summed E-state index contributed by atoms with van der Waals surface area (Å²) < 4.78 is 5.94. The van der Waals surface area contributed by atoms with E-state index in [1.165, 1.54) is 6.20 Å². The number of aromatic nitrogens is 1. The van der Waals surface area contributed by atoms with Gasteiger partial charge in [-0.15, -0.1) is 0 Å². The largest absolute Gasteiger partial charge is 0.384 e. The molecule has 2 aromatic rings. The van der Waals surface area contributed by atoms with Crippen LogP contribution in [-0.2, 0) is 15.1 Å². The highest BCUT2D eigenvalue weighted by atomic mass is 16.5. The lowest BCUT2D eigenvalue weighted by molar-refractivity contribution is -0.180. The van der Waals surface area contributed by atoms with Crippen molar-refractivity contribution in [2.24, 2.45) is 0 Å². The summed E-state index contributed by atoms with van der Waals surface area (Å²) in [6, 6.07) is 13.2. The van der Waals surface area contributed by atoms with Crippen LogP contribution in [0, 0.1) is 0 Å². The highest BCUT2D eigenvalue weighted by Gasteiger charge is 2.53. The first-order chi connectivity index (χ1) is 13.0. The Kier molecular flexibility index (Phi) is 4.31. The highest BCUT2D eigenvalue weighted by molar-refractivity contribution is 5.95.